The first kappa shape index (κ1) is 10.9. The molecule has 0 aliphatic heterocycles. The van der Waals surface area contributed by atoms with Gasteiger partial charge in [0.15, 0.2) is 0 Å². The summed E-state index contributed by atoms with van der Waals surface area (Å²) in [4.78, 5) is 10.8. The number of hydrogen-bond donors (Lipinski definition) is 3. The van der Waals surface area contributed by atoms with Crippen LogP contribution in [-0.4, -0.2) is 23.5 Å². The molecule has 0 aliphatic rings. The van der Waals surface area contributed by atoms with Gasteiger partial charge in [0.2, 0.25) is 0 Å². The van der Waals surface area contributed by atoms with E-state index in [0.29, 0.717) is 5.69 Å². The first-order valence-electron chi connectivity index (χ1n) is 4.27. The summed E-state index contributed by atoms with van der Waals surface area (Å²) in [5, 5.41) is 19.3. The van der Waals surface area contributed by atoms with Crippen LogP contribution >= 0.6 is 0 Å². The van der Waals surface area contributed by atoms with E-state index in [1.807, 2.05) is 6.92 Å². The molecule has 0 aromatic heterocycles. The van der Waals surface area contributed by atoms with Gasteiger partial charge in [-0.25, -0.2) is 4.79 Å². The lowest BCUT2D eigenvalue weighted by molar-refractivity contribution is 0.0698. The lowest BCUT2D eigenvalue weighted by Crippen LogP contribution is -2.02. The van der Waals surface area contributed by atoms with Crippen LogP contribution in [0.25, 0.3) is 0 Å². The number of benzene rings is 1. The first-order valence-corrected chi connectivity index (χ1v) is 4.27. The second-order valence-electron chi connectivity index (χ2n) is 2.91. The van der Waals surface area contributed by atoms with E-state index >= 15 is 0 Å². The zero-order chi connectivity index (χ0) is 11.3. The summed E-state index contributed by atoms with van der Waals surface area (Å²) in [7, 11) is 0. The quantitative estimate of drug-likeness (QED) is 0.517. The standard InChI is InChI=1S/C10H11N3O2/c1-7-2-3-8(10(14)15)9(6-7)13-12-5-4-11/h2-6,11,13H,1H3,(H,14,15)/b11-4?,12-5-. The molecule has 1 rings (SSSR count). The van der Waals surface area contributed by atoms with Crippen LogP contribution < -0.4 is 5.43 Å². The van der Waals surface area contributed by atoms with Crippen molar-refractivity contribution in [2.24, 2.45) is 5.10 Å². The van der Waals surface area contributed by atoms with Gasteiger partial charge in [-0.15, -0.1) is 0 Å². The molecule has 0 heterocycles. The molecule has 0 saturated heterocycles. The molecule has 0 spiro atoms. The third-order valence-electron chi connectivity index (χ3n) is 1.74. The number of hydrogen-bond acceptors (Lipinski definition) is 4. The van der Waals surface area contributed by atoms with Crippen molar-refractivity contribution < 1.29 is 9.90 Å². The number of hydrazone groups is 1. The topological polar surface area (TPSA) is 85.5 Å². The van der Waals surface area contributed by atoms with E-state index in [-0.39, 0.29) is 5.56 Å². The molecule has 5 nitrogen and oxygen atoms in total. The van der Waals surface area contributed by atoms with Crippen molar-refractivity contribution in [2.75, 3.05) is 5.43 Å². The van der Waals surface area contributed by atoms with Crippen molar-refractivity contribution in [1.29, 1.82) is 5.41 Å². The molecule has 3 N–H and O–H groups in total. The molecular weight excluding hydrogens is 194 g/mol. The molecule has 1 aromatic rings. The van der Waals surface area contributed by atoms with Crippen LogP contribution in [0.15, 0.2) is 23.3 Å². The van der Waals surface area contributed by atoms with Gasteiger partial charge in [-0.05, 0) is 24.6 Å². The molecule has 0 aliphatic carbocycles. The number of carboxylic acid groups (broad SMARTS) is 1. The Kier molecular flexibility index (Phi) is 3.56. The van der Waals surface area contributed by atoms with E-state index < -0.39 is 5.97 Å². The summed E-state index contributed by atoms with van der Waals surface area (Å²) >= 11 is 0. The fourth-order valence-corrected chi connectivity index (χ4v) is 1.08. The van der Waals surface area contributed by atoms with Crippen LogP contribution in [0.1, 0.15) is 15.9 Å². The van der Waals surface area contributed by atoms with Crippen LogP contribution in [0.2, 0.25) is 0 Å². The third kappa shape index (κ3) is 2.91. The molecule has 15 heavy (non-hydrogen) atoms. The lowest BCUT2D eigenvalue weighted by atomic mass is 10.1. The Labute approximate surface area is 86.9 Å². The van der Waals surface area contributed by atoms with E-state index in [9.17, 15) is 4.79 Å². The van der Waals surface area contributed by atoms with E-state index in [0.717, 1.165) is 11.8 Å². The van der Waals surface area contributed by atoms with E-state index in [4.69, 9.17) is 10.5 Å². The van der Waals surface area contributed by atoms with Crippen molar-refractivity contribution in [3.63, 3.8) is 0 Å². The van der Waals surface area contributed by atoms with Crippen LogP contribution in [0.5, 0.6) is 0 Å². The zero-order valence-electron chi connectivity index (χ0n) is 8.19. The molecule has 0 saturated carbocycles. The molecule has 0 radical (unpaired) electrons. The minimum absolute atomic E-state index is 0.155. The highest BCUT2D eigenvalue weighted by molar-refractivity contribution is 6.14. The summed E-state index contributed by atoms with van der Waals surface area (Å²) in [5.41, 5.74) is 4.08. The Morgan fingerprint density at radius 2 is 2.33 bits per heavy atom. The largest absolute Gasteiger partial charge is 0.478 e. The smallest absolute Gasteiger partial charge is 0.337 e. The summed E-state index contributed by atoms with van der Waals surface area (Å²) in [6, 6.07) is 4.92. The van der Waals surface area contributed by atoms with Crippen LogP contribution in [0, 0.1) is 12.3 Å². The SMILES string of the molecule is Cc1ccc(C(=O)O)c(N/N=C\C=N)c1. The number of nitrogens with one attached hydrogen (secondary N) is 2. The predicted molar refractivity (Wildman–Crippen MR) is 59.0 cm³/mol. The fraction of sp³-hybridized carbons (Fsp3) is 0.100. The molecule has 1 aromatic carbocycles. The molecule has 5 heteroatoms. The molecule has 78 valence electrons. The van der Waals surface area contributed by atoms with Gasteiger partial charge in [-0.1, -0.05) is 6.07 Å². The summed E-state index contributed by atoms with van der Waals surface area (Å²) < 4.78 is 0. The van der Waals surface area contributed by atoms with Gasteiger partial charge in [0.25, 0.3) is 0 Å². The number of carbonyl (C=O) groups is 1. The van der Waals surface area contributed by atoms with Crippen LogP contribution in [0.3, 0.4) is 0 Å². The summed E-state index contributed by atoms with van der Waals surface area (Å²) in [6.07, 6.45) is 2.23. The minimum atomic E-state index is -1.01. The average molecular weight is 205 g/mol. The second kappa shape index (κ2) is 4.90. The number of aromatic carboxylic acids is 1. The Morgan fingerprint density at radius 1 is 1.60 bits per heavy atom. The number of aryl methyl sites for hydroxylation is 1. The highest BCUT2D eigenvalue weighted by Gasteiger charge is 2.08. The van der Waals surface area contributed by atoms with Gasteiger partial charge in [-0.2, -0.15) is 5.10 Å². The van der Waals surface area contributed by atoms with Crippen molar-refractivity contribution in [3.05, 3.63) is 29.3 Å². The van der Waals surface area contributed by atoms with E-state index in [1.54, 1.807) is 12.1 Å². The molecular formula is C10H11N3O2. The van der Waals surface area contributed by atoms with Gasteiger partial charge in [-0.3, -0.25) is 5.43 Å². The molecule has 0 bridgehead atoms. The lowest BCUT2D eigenvalue weighted by Gasteiger charge is -2.05. The van der Waals surface area contributed by atoms with Gasteiger partial charge < -0.3 is 10.5 Å². The summed E-state index contributed by atoms with van der Waals surface area (Å²) in [5.74, 6) is -1.01. The number of anilines is 1. The van der Waals surface area contributed by atoms with E-state index in [2.05, 4.69) is 10.5 Å². The summed E-state index contributed by atoms with van der Waals surface area (Å²) in [6.45, 7) is 1.86. The number of rotatable bonds is 4. The number of nitrogens with zero attached hydrogens (tertiary/aromatic N) is 1. The first-order chi connectivity index (χ1) is 7.15. The Hall–Kier alpha value is -2.17. The Bertz CT molecular complexity index is 413. The molecule has 0 atom stereocenters. The second-order valence-corrected chi connectivity index (χ2v) is 2.91. The monoisotopic (exact) mass is 205 g/mol. The highest BCUT2D eigenvalue weighted by Crippen LogP contribution is 2.17. The average Bonchev–Trinajstić information content (AvgIpc) is 2.18. The molecule has 0 unspecified atom stereocenters. The molecule has 0 fully saturated rings. The van der Waals surface area contributed by atoms with Crippen LogP contribution in [-0.2, 0) is 0 Å². The van der Waals surface area contributed by atoms with Crippen molar-refractivity contribution in [2.45, 2.75) is 6.92 Å². The Morgan fingerprint density at radius 3 is 2.93 bits per heavy atom. The fourth-order valence-electron chi connectivity index (χ4n) is 1.08. The maximum atomic E-state index is 10.8. The number of carboxylic acids is 1. The predicted octanol–water partition coefficient (Wildman–Crippen LogP) is 1.74. The maximum Gasteiger partial charge on any atom is 0.337 e. The molecule has 0 amide bonds. The highest BCUT2D eigenvalue weighted by atomic mass is 16.4. The van der Waals surface area contributed by atoms with Crippen molar-refractivity contribution in [3.8, 4) is 0 Å². The Balaban J connectivity index is 3.01. The van der Waals surface area contributed by atoms with Crippen molar-refractivity contribution >= 4 is 24.1 Å². The minimum Gasteiger partial charge on any atom is -0.478 e. The zero-order valence-corrected chi connectivity index (χ0v) is 8.19. The van der Waals surface area contributed by atoms with Gasteiger partial charge in [0.05, 0.1) is 17.5 Å². The van der Waals surface area contributed by atoms with Gasteiger partial charge >= 0.3 is 5.97 Å². The normalized spacial score (nSPS) is 10.2. The van der Waals surface area contributed by atoms with Crippen LogP contribution in [0.4, 0.5) is 5.69 Å². The van der Waals surface area contributed by atoms with E-state index in [1.165, 1.54) is 12.3 Å². The van der Waals surface area contributed by atoms with Gasteiger partial charge in [0.1, 0.15) is 0 Å². The third-order valence-corrected chi connectivity index (χ3v) is 1.74. The maximum absolute atomic E-state index is 10.8. The van der Waals surface area contributed by atoms with Gasteiger partial charge in [0, 0.05) is 6.21 Å². The van der Waals surface area contributed by atoms with Crippen molar-refractivity contribution in [1.82, 2.24) is 0 Å².